The summed E-state index contributed by atoms with van der Waals surface area (Å²) >= 11 is 0. The van der Waals surface area contributed by atoms with E-state index in [0.717, 1.165) is 6.42 Å². The summed E-state index contributed by atoms with van der Waals surface area (Å²) in [6, 6.07) is 0. The van der Waals surface area contributed by atoms with Crippen LogP contribution < -0.4 is 17.1 Å². The third-order valence-electron chi connectivity index (χ3n) is 2.59. The predicted octanol–water partition coefficient (Wildman–Crippen LogP) is -1.15. The molecule has 0 amide bonds. The molecule has 1 fully saturated rings. The molecular formula is C8H16N4O3. The first-order valence-corrected chi connectivity index (χ1v) is 4.73. The fourth-order valence-electron chi connectivity index (χ4n) is 1.68. The first kappa shape index (κ1) is 11.7. The van der Waals surface area contributed by atoms with Gasteiger partial charge in [-0.25, -0.2) is 5.84 Å². The second kappa shape index (κ2) is 5.52. The number of carboxylic acid groups (broad SMARTS) is 1. The highest BCUT2D eigenvalue weighted by molar-refractivity contribution is 5.85. The van der Waals surface area contributed by atoms with Gasteiger partial charge in [0.15, 0.2) is 0 Å². The van der Waals surface area contributed by atoms with Crippen molar-refractivity contribution in [2.24, 2.45) is 28.6 Å². The van der Waals surface area contributed by atoms with Crippen LogP contribution in [0.2, 0.25) is 0 Å². The molecule has 7 nitrogen and oxygen atoms in total. The van der Waals surface area contributed by atoms with Gasteiger partial charge in [-0.3, -0.25) is 4.79 Å². The van der Waals surface area contributed by atoms with Crippen molar-refractivity contribution in [3.63, 3.8) is 0 Å². The molecule has 0 aromatic rings. The monoisotopic (exact) mass is 216 g/mol. The summed E-state index contributed by atoms with van der Waals surface area (Å²) in [7, 11) is 0. The van der Waals surface area contributed by atoms with E-state index in [-0.39, 0.29) is 18.2 Å². The molecule has 1 aliphatic heterocycles. The molecule has 15 heavy (non-hydrogen) atoms. The molecular weight excluding hydrogens is 200 g/mol. The molecule has 1 heterocycles. The molecule has 7 heteroatoms. The minimum atomic E-state index is -0.873. The van der Waals surface area contributed by atoms with Crippen LogP contribution in [-0.4, -0.2) is 30.1 Å². The fourth-order valence-corrected chi connectivity index (χ4v) is 1.68. The van der Waals surface area contributed by atoms with Gasteiger partial charge in [-0.15, -0.1) is 0 Å². The van der Waals surface area contributed by atoms with E-state index in [2.05, 4.69) is 10.5 Å². The molecule has 6 N–H and O–H groups in total. The van der Waals surface area contributed by atoms with Gasteiger partial charge in [0.1, 0.15) is 5.84 Å². The van der Waals surface area contributed by atoms with Crippen LogP contribution in [0.25, 0.3) is 0 Å². The standard InChI is InChI=1S/C8H16N4O3/c9-11-7(12-10)3-6(8(13)14)5-1-2-15-4-5/h5-6H,1-4,9-10H2,(H,11,12)(H,13,14). The van der Waals surface area contributed by atoms with Crippen molar-refractivity contribution < 1.29 is 14.6 Å². The van der Waals surface area contributed by atoms with Crippen LogP contribution in [0, 0.1) is 11.8 Å². The van der Waals surface area contributed by atoms with E-state index < -0.39 is 11.9 Å². The number of hydrogen-bond acceptors (Lipinski definition) is 5. The molecule has 1 rings (SSSR count). The molecule has 0 saturated carbocycles. The topological polar surface area (TPSA) is 123 Å². The second-order valence-electron chi connectivity index (χ2n) is 3.49. The van der Waals surface area contributed by atoms with Crippen LogP contribution >= 0.6 is 0 Å². The maximum Gasteiger partial charge on any atom is 0.307 e. The van der Waals surface area contributed by atoms with Crippen LogP contribution in [0.15, 0.2) is 5.10 Å². The largest absolute Gasteiger partial charge is 0.481 e. The predicted molar refractivity (Wildman–Crippen MR) is 53.6 cm³/mol. The zero-order valence-electron chi connectivity index (χ0n) is 8.35. The number of nitrogens with two attached hydrogens (primary N) is 2. The Morgan fingerprint density at radius 3 is 2.87 bits per heavy atom. The summed E-state index contributed by atoms with van der Waals surface area (Å²) in [5, 5.41) is 12.4. The number of nitrogens with one attached hydrogen (secondary N) is 1. The average Bonchev–Trinajstić information content (AvgIpc) is 2.72. The first-order chi connectivity index (χ1) is 7.19. The van der Waals surface area contributed by atoms with Crippen LogP contribution in [-0.2, 0) is 9.53 Å². The van der Waals surface area contributed by atoms with Gasteiger partial charge in [0, 0.05) is 13.0 Å². The van der Waals surface area contributed by atoms with Crippen molar-refractivity contribution >= 4 is 11.8 Å². The quantitative estimate of drug-likeness (QED) is 0.204. The Kier molecular flexibility index (Phi) is 4.32. The Hall–Kier alpha value is -1.34. The second-order valence-corrected chi connectivity index (χ2v) is 3.49. The Balaban J connectivity index is 2.61. The number of amidine groups is 1. The molecule has 0 aliphatic carbocycles. The van der Waals surface area contributed by atoms with Gasteiger partial charge < -0.3 is 21.1 Å². The highest BCUT2D eigenvalue weighted by Gasteiger charge is 2.32. The summed E-state index contributed by atoms with van der Waals surface area (Å²) < 4.78 is 5.15. The van der Waals surface area contributed by atoms with E-state index in [4.69, 9.17) is 21.5 Å². The van der Waals surface area contributed by atoms with Gasteiger partial charge in [-0.1, -0.05) is 0 Å². The van der Waals surface area contributed by atoms with Gasteiger partial charge in [0.05, 0.1) is 12.5 Å². The van der Waals surface area contributed by atoms with Gasteiger partial charge >= 0.3 is 5.97 Å². The maximum absolute atomic E-state index is 11.0. The highest BCUT2D eigenvalue weighted by Crippen LogP contribution is 2.25. The van der Waals surface area contributed by atoms with Crippen molar-refractivity contribution in [2.45, 2.75) is 12.8 Å². The summed E-state index contributed by atoms with van der Waals surface area (Å²) in [4.78, 5) is 11.0. The van der Waals surface area contributed by atoms with Gasteiger partial charge in [-0.2, -0.15) is 5.10 Å². The lowest BCUT2D eigenvalue weighted by atomic mass is 9.88. The zero-order chi connectivity index (χ0) is 11.3. The van der Waals surface area contributed by atoms with E-state index in [0.29, 0.717) is 13.2 Å². The highest BCUT2D eigenvalue weighted by atomic mass is 16.5. The number of carbonyl (C=O) groups is 1. The molecule has 0 radical (unpaired) electrons. The van der Waals surface area contributed by atoms with Crippen LogP contribution in [0.5, 0.6) is 0 Å². The van der Waals surface area contributed by atoms with E-state index in [1.54, 1.807) is 0 Å². The molecule has 0 spiro atoms. The molecule has 2 atom stereocenters. The number of hydrogen-bond donors (Lipinski definition) is 4. The molecule has 0 bridgehead atoms. The lowest BCUT2D eigenvalue weighted by Gasteiger charge is -2.18. The molecule has 0 aromatic carbocycles. The minimum absolute atomic E-state index is 0.00704. The number of hydrazine groups is 1. The van der Waals surface area contributed by atoms with Gasteiger partial charge in [0.2, 0.25) is 0 Å². The molecule has 1 saturated heterocycles. The molecule has 1 aliphatic rings. The SMILES string of the molecule is N/N=C(/CC(C(=O)O)C1CCOC1)NN. The summed E-state index contributed by atoms with van der Waals surface area (Å²) in [6.07, 6.45) is 0.954. The minimum Gasteiger partial charge on any atom is -0.481 e. The lowest BCUT2D eigenvalue weighted by molar-refractivity contribution is -0.143. The number of ether oxygens (including phenoxy) is 1. The Labute approximate surface area is 87.4 Å². The van der Waals surface area contributed by atoms with Crippen molar-refractivity contribution in [3.8, 4) is 0 Å². The number of aliphatic carboxylic acids is 1. The van der Waals surface area contributed by atoms with E-state index in [9.17, 15) is 4.79 Å². The van der Waals surface area contributed by atoms with Crippen LogP contribution in [0.3, 0.4) is 0 Å². The number of rotatable bonds is 4. The normalized spacial score (nSPS) is 23.8. The Morgan fingerprint density at radius 2 is 2.47 bits per heavy atom. The van der Waals surface area contributed by atoms with Crippen LogP contribution in [0.4, 0.5) is 0 Å². The van der Waals surface area contributed by atoms with Gasteiger partial charge in [-0.05, 0) is 12.3 Å². The zero-order valence-corrected chi connectivity index (χ0v) is 8.35. The van der Waals surface area contributed by atoms with Crippen molar-refractivity contribution in [1.82, 2.24) is 5.43 Å². The molecule has 0 aromatic heterocycles. The molecule has 2 unspecified atom stereocenters. The van der Waals surface area contributed by atoms with Gasteiger partial charge in [0.25, 0.3) is 0 Å². The maximum atomic E-state index is 11.0. The van der Waals surface area contributed by atoms with E-state index in [1.807, 2.05) is 0 Å². The van der Waals surface area contributed by atoms with Crippen molar-refractivity contribution in [2.75, 3.05) is 13.2 Å². The number of carboxylic acids is 1. The summed E-state index contributed by atoms with van der Waals surface area (Å²) in [6.45, 7) is 1.08. The fraction of sp³-hybridized carbons (Fsp3) is 0.750. The van der Waals surface area contributed by atoms with E-state index in [1.165, 1.54) is 0 Å². The molecule has 86 valence electrons. The average molecular weight is 216 g/mol. The first-order valence-electron chi connectivity index (χ1n) is 4.73. The van der Waals surface area contributed by atoms with Crippen LogP contribution in [0.1, 0.15) is 12.8 Å². The Bertz CT molecular complexity index is 250. The third kappa shape index (κ3) is 3.07. The summed E-state index contributed by atoms with van der Waals surface area (Å²) in [5.41, 5.74) is 2.28. The van der Waals surface area contributed by atoms with E-state index >= 15 is 0 Å². The Morgan fingerprint density at radius 1 is 1.73 bits per heavy atom. The van der Waals surface area contributed by atoms with Crippen molar-refractivity contribution in [1.29, 1.82) is 0 Å². The summed E-state index contributed by atoms with van der Waals surface area (Å²) in [5.74, 6) is 9.07. The lowest BCUT2D eigenvalue weighted by Crippen LogP contribution is -2.36. The number of nitrogens with zero attached hydrogens (tertiary/aromatic N) is 1. The number of hydrazone groups is 1. The third-order valence-corrected chi connectivity index (χ3v) is 2.59. The van der Waals surface area contributed by atoms with Crippen molar-refractivity contribution in [3.05, 3.63) is 0 Å². The smallest absolute Gasteiger partial charge is 0.307 e.